The molecule has 17 heavy (non-hydrogen) atoms. The van der Waals surface area contributed by atoms with Gasteiger partial charge in [0.25, 0.3) is 0 Å². The van der Waals surface area contributed by atoms with E-state index in [0.717, 1.165) is 6.42 Å². The van der Waals surface area contributed by atoms with Gasteiger partial charge in [0.05, 0.1) is 24.6 Å². The lowest BCUT2D eigenvalue weighted by molar-refractivity contribution is 0.254. The Kier molecular flexibility index (Phi) is 3.22. The molecule has 2 rings (SSSR count). The van der Waals surface area contributed by atoms with Gasteiger partial charge in [0.15, 0.2) is 11.5 Å². The van der Waals surface area contributed by atoms with E-state index in [9.17, 15) is 4.79 Å². The van der Waals surface area contributed by atoms with Crippen LogP contribution in [0.25, 0.3) is 0 Å². The van der Waals surface area contributed by atoms with Gasteiger partial charge in [-0.05, 0) is 0 Å². The Morgan fingerprint density at radius 2 is 1.94 bits per heavy atom. The van der Waals surface area contributed by atoms with E-state index < -0.39 is 0 Å². The third-order valence-corrected chi connectivity index (χ3v) is 2.39. The normalized spacial score (nSPS) is 13.7. The Morgan fingerprint density at radius 1 is 1.29 bits per heavy atom. The topological polar surface area (TPSA) is 85.6 Å². The van der Waals surface area contributed by atoms with Crippen molar-refractivity contribution in [2.45, 2.75) is 6.42 Å². The van der Waals surface area contributed by atoms with Crippen molar-refractivity contribution in [3.8, 4) is 11.5 Å². The summed E-state index contributed by atoms with van der Waals surface area (Å²) in [5.74, 6) is 1.21. The molecule has 6 heteroatoms. The molecule has 1 aliphatic heterocycles. The number of anilines is 2. The van der Waals surface area contributed by atoms with Crippen LogP contribution in [0, 0.1) is 0 Å². The fourth-order valence-corrected chi connectivity index (χ4v) is 1.52. The van der Waals surface area contributed by atoms with Gasteiger partial charge >= 0.3 is 6.03 Å². The summed E-state index contributed by atoms with van der Waals surface area (Å²) in [6.45, 7) is 1.20. The number of rotatable bonds is 1. The third-order valence-electron chi connectivity index (χ3n) is 2.39. The molecule has 1 aromatic carbocycles. The van der Waals surface area contributed by atoms with Crippen LogP contribution in [0.4, 0.5) is 16.2 Å². The summed E-state index contributed by atoms with van der Waals surface area (Å²) in [6, 6.07) is 3.00. The van der Waals surface area contributed by atoms with E-state index in [1.54, 1.807) is 12.1 Å². The van der Waals surface area contributed by atoms with E-state index in [1.807, 2.05) is 0 Å². The van der Waals surface area contributed by atoms with Crippen LogP contribution >= 0.6 is 0 Å². The van der Waals surface area contributed by atoms with E-state index in [1.165, 1.54) is 7.05 Å². The van der Waals surface area contributed by atoms with Crippen LogP contribution in [0.1, 0.15) is 6.42 Å². The highest BCUT2D eigenvalue weighted by Crippen LogP contribution is 2.36. The summed E-state index contributed by atoms with van der Waals surface area (Å²) in [5, 5.41) is 5.08. The van der Waals surface area contributed by atoms with E-state index >= 15 is 0 Å². The van der Waals surface area contributed by atoms with Crippen molar-refractivity contribution in [2.24, 2.45) is 0 Å². The Bertz CT molecular complexity index is 434. The van der Waals surface area contributed by atoms with Crippen molar-refractivity contribution in [1.29, 1.82) is 0 Å². The van der Waals surface area contributed by atoms with Crippen LogP contribution in [0.15, 0.2) is 12.1 Å². The molecule has 0 fully saturated rings. The molecule has 6 nitrogen and oxygen atoms in total. The summed E-state index contributed by atoms with van der Waals surface area (Å²) < 4.78 is 11.0. The zero-order chi connectivity index (χ0) is 12.3. The number of ether oxygens (including phenoxy) is 2. The molecule has 0 saturated carbocycles. The van der Waals surface area contributed by atoms with Crippen molar-refractivity contribution in [2.75, 3.05) is 31.3 Å². The molecule has 0 aliphatic carbocycles. The van der Waals surface area contributed by atoms with Gasteiger partial charge in [0, 0.05) is 25.6 Å². The summed E-state index contributed by atoms with van der Waals surface area (Å²) in [7, 11) is 1.54. The molecule has 2 amide bonds. The van der Waals surface area contributed by atoms with E-state index in [4.69, 9.17) is 15.2 Å². The zero-order valence-electron chi connectivity index (χ0n) is 9.58. The van der Waals surface area contributed by atoms with E-state index in [2.05, 4.69) is 10.6 Å². The molecule has 1 aromatic rings. The number of nitrogens with one attached hydrogen (secondary N) is 2. The number of hydrogen-bond acceptors (Lipinski definition) is 4. The van der Waals surface area contributed by atoms with Crippen LogP contribution in [-0.4, -0.2) is 26.3 Å². The number of amides is 2. The number of nitrogens with two attached hydrogens (primary N) is 1. The van der Waals surface area contributed by atoms with Gasteiger partial charge in [-0.3, -0.25) is 0 Å². The summed E-state index contributed by atoms with van der Waals surface area (Å²) >= 11 is 0. The summed E-state index contributed by atoms with van der Waals surface area (Å²) in [6.07, 6.45) is 0.826. The number of urea groups is 1. The Morgan fingerprint density at radius 3 is 2.59 bits per heavy atom. The molecule has 0 bridgehead atoms. The number of carbonyl (C=O) groups is 1. The predicted octanol–water partition coefficient (Wildman–Crippen LogP) is 1.18. The zero-order valence-corrected chi connectivity index (χ0v) is 9.58. The average molecular weight is 237 g/mol. The average Bonchev–Trinajstić information content (AvgIpc) is 2.54. The first-order valence-corrected chi connectivity index (χ1v) is 5.38. The number of nitrogen functional groups attached to an aromatic ring is 1. The van der Waals surface area contributed by atoms with E-state index in [-0.39, 0.29) is 6.03 Å². The first kappa shape index (κ1) is 11.4. The van der Waals surface area contributed by atoms with Gasteiger partial charge in [0.2, 0.25) is 0 Å². The van der Waals surface area contributed by atoms with Crippen LogP contribution < -0.4 is 25.8 Å². The first-order chi connectivity index (χ1) is 8.20. The number of hydrogen-bond donors (Lipinski definition) is 3. The molecular weight excluding hydrogens is 222 g/mol. The highest BCUT2D eigenvalue weighted by Gasteiger charge is 2.14. The van der Waals surface area contributed by atoms with Gasteiger partial charge < -0.3 is 25.8 Å². The van der Waals surface area contributed by atoms with Gasteiger partial charge in [-0.1, -0.05) is 0 Å². The SMILES string of the molecule is CNC(=O)Nc1cc2c(cc1N)OCCCO2. The summed E-state index contributed by atoms with van der Waals surface area (Å²) in [5.41, 5.74) is 6.77. The molecule has 0 saturated heterocycles. The van der Waals surface area contributed by atoms with Gasteiger partial charge in [-0.25, -0.2) is 4.79 Å². The lowest BCUT2D eigenvalue weighted by atomic mass is 10.2. The molecule has 0 aromatic heterocycles. The highest BCUT2D eigenvalue weighted by molar-refractivity contribution is 5.93. The maximum absolute atomic E-state index is 11.2. The quantitative estimate of drug-likeness (QED) is 0.640. The first-order valence-electron chi connectivity index (χ1n) is 5.38. The molecule has 0 spiro atoms. The maximum atomic E-state index is 11.2. The second-order valence-electron chi connectivity index (χ2n) is 3.64. The number of fused-ring (bicyclic) bond motifs is 1. The number of carbonyl (C=O) groups excluding carboxylic acids is 1. The lowest BCUT2D eigenvalue weighted by Crippen LogP contribution is -2.25. The Hall–Kier alpha value is -2.11. The summed E-state index contributed by atoms with van der Waals surface area (Å²) in [4.78, 5) is 11.2. The molecule has 92 valence electrons. The fourth-order valence-electron chi connectivity index (χ4n) is 1.52. The van der Waals surface area contributed by atoms with Crippen LogP contribution in [0.5, 0.6) is 11.5 Å². The molecule has 1 heterocycles. The smallest absolute Gasteiger partial charge is 0.319 e. The standard InChI is InChI=1S/C11H15N3O3/c1-13-11(15)14-8-6-10-9(5-7(8)12)16-3-2-4-17-10/h5-6H,2-4,12H2,1H3,(H2,13,14,15). The minimum atomic E-state index is -0.328. The molecular formula is C11H15N3O3. The minimum absolute atomic E-state index is 0.328. The molecule has 4 N–H and O–H groups in total. The second kappa shape index (κ2) is 4.82. The lowest BCUT2D eigenvalue weighted by Gasteiger charge is -2.12. The number of benzene rings is 1. The third kappa shape index (κ3) is 2.52. The molecule has 0 unspecified atom stereocenters. The van der Waals surface area contributed by atoms with Crippen molar-refractivity contribution in [3.63, 3.8) is 0 Å². The second-order valence-corrected chi connectivity index (χ2v) is 3.64. The van der Waals surface area contributed by atoms with Crippen molar-refractivity contribution in [3.05, 3.63) is 12.1 Å². The van der Waals surface area contributed by atoms with Crippen molar-refractivity contribution in [1.82, 2.24) is 5.32 Å². The van der Waals surface area contributed by atoms with Crippen LogP contribution in [0.3, 0.4) is 0 Å². The molecule has 0 radical (unpaired) electrons. The van der Waals surface area contributed by atoms with Gasteiger partial charge in [0.1, 0.15) is 0 Å². The van der Waals surface area contributed by atoms with Crippen LogP contribution in [-0.2, 0) is 0 Å². The molecule has 1 aliphatic rings. The van der Waals surface area contributed by atoms with Crippen molar-refractivity contribution < 1.29 is 14.3 Å². The molecule has 0 atom stereocenters. The highest BCUT2D eigenvalue weighted by atomic mass is 16.5. The fraction of sp³-hybridized carbons (Fsp3) is 0.364. The van der Waals surface area contributed by atoms with E-state index in [0.29, 0.717) is 36.1 Å². The largest absolute Gasteiger partial charge is 0.489 e. The minimum Gasteiger partial charge on any atom is -0.489 e. The van der Waals surface area contributed by atoms with Gasteiger partial charge in [-0.2, -0.15) is 0 Å². The monoisotopic (exact) mass is 237 g/mol. The van der Waals surface area contributed by atoms with Gasteiger partial charge in [-0.15, -0.1) is 0 Å². The van der Waals surface area contributed by atoms with Crippen molar-refractivity contribution >= 4 is 17.4 Å². The van der Waals surface area contributed by atoms with Crippen LogP contribution in [0.2, 0.25) is 0 Å². The maximum Gasteiger partial charge on any atom is 0.319 e. The Labute approximate surface area is 99.1 Å². The predicted molar refractivity (Wildman–Crippen MR) is 64.5 cm³/mol. The Balaban J connectivity index is 2.28.